The second-order valence-electron chi connectivity index (χ2n) is 18.1. The molecule has 0 saturated heterocycles. The van der Waals surface area contributed by atoms with Crippen molar-refractivity contribution in [2.75, 3.05) is 0 Å². The van der Waals surface area contributed by atoms with Gasteiger partial charge in [0.05, 0.1) is 44.5 Å². The Kier molecular flexibility index (Phi) is 7.75. The van der Waals surface area contributed by atoms with Crippen molar-refractivity contribution in [3.8, 4) is 33.9 Å². The molecule has 0 spiro atoms. The molecule has 0 fully saturated rings. The number of aromatic nitrogens is 4. The molecule has 0 unspecified atom stereocenters. The molecule has 0 aliphatic heterocycles. The summed E-state index contributed by atoms with van der Waals surface area (Å²) in [6.45, 7) is 0. The number of benzene rings is 12. The summed E-state index contributed by atoms with van der Waals surface area (Å²) in [6.07, 6.45) is 0. The zero-order valence-electron chi connectivity index (χ0n) is 36.7. The standard InChI is InChI=1S/C64H38N4/c1-4-16-48-39(13-1)25-26-41-27-28-44(35-53(41)48)63-64(66-57-22-10-9-21-56(57)65-63)55-38-47(33-43-15-3-5-17-49(43)55)68-58-23-11-7-19-51(58)54-36-45-34-46(31-29-42(45)37-61(54)68)67-59-24-12-8-20-52(59)62-50-18-6-2-14-40(50)30-32-60(62)67/h1-38H. The Morgan fingerprint density at radius 1 is 0.265 bits per heavy atom. The van der Waals surface area contributed by atoms with Crippen molar-refractivity contribution in [2.45, 2.75) is 0 Å². The van der Waals surface area contributed by atoms with Gasteiger partial charge in [0.2, 0.25) is 0 Å². The largest absolute Gasteiger partial charge is 0.309 e. The van der Waals surface area contributed by atoms with E-state index in [1.165, 1.54) is 75.7 Å². The lowest BCUT2D eigenvalue weighted by Gasteiger charge is -2.17. The zero-order chi connectivity index (χ0) is 44.5. The summed E-state index contributed by atoms with van der Waals surface area (Å²) < 4.78 is 4.88. The minimum Gasteiger partial charge on any atom is -0.309 e. The Morgan fingerprint density at radius 2 is 0.824 bits per heavy atom. The lowest BCUT2D eigenvalue weighted by atomic mass is 9.95. The number of hydrogen-bond donors (Lipinski definition) is 0. The minimum absolute atomic E-state index is 0.859. The minimum atomic E-state index is 0.859. The molecular weight excluding hydrogens is 825 g/mol. The maximum absolute atomic E-state index is 5.51. The summed E-state index contributed by atoms with van der Waals surface area (Å²) in [5.74, 6) is 0. The highest BCUT2D eigenvalue weighted by atomic mass is 15.0. The van der Waals surface area contributed by atoms with Crippen LogP contribution in [0.4, 0.5) is 0 Å². The molecule has 0 bridgehead atoms. The van der Waals surface area contributed by atoms with Gasteiger partial charge in [-0.3, -0.25) is 0 Å². The molecule has 0 saturated carbocycles. The van der Waals surface area contributed by atoms with Gasteiger partial charge in [0.1, 0.15) is 0 Å². The van der Waals surface area contributed by atoms with Crippen LogP contribution < -0.4 is 0 Å². The zero-order valence-corrected chi connectivity index (χ0v) is 36.7. The van der Waals surface area contributed by atoms with E-state index in [1.807, 2.05) is 12.1 Å². The van der Waals surface area contributed by atoms with Crippen LogP contribution in [0.15, 0.2) is 231 Å². The van der Waals surface area contributed by atoms with Crippen LogP contribution in [0.2, 0.25) is 0 Å². The second kappa shape index (κ2) is 14.2. The van der Waals surface area contributed by atoms with Gasteiger partial charge in [0, 0.05) is 44.0 Å². The Hall–Kier alpha value is -9.12. The molecule has 0 atom stereocenters. The van der Waals surface area contributed by atoms with Gasteiger partial charge in [-0.1, -0.05) is 158 Å². The maximum atomic E-state index is 5.51. The van der Waals surface area contributed by atoms with Gasteiger partial charge >= 0.3 is 0 Å². The van der Waals surface area contributed by atoms with Crippen molar-refractivity contribution in [3.05, 3.63) is 231 Å². The van der Waals surface area contributed by atoms with Crippen molar-refractivity contribution in [1.82, 2.24) is 19.1 Å². The SMILES string of the molecule is c1ccc2c(-c3nc4ccccc4nc3-c3ccc4ccc5ccccc5c4c3)cc(-n3c4ccccc4c4cc5cc(-n6c7ccccc7c7c8ccccc8ccc76)ccc5cc43)cc2c1. The lowest BCUT2D eigenvalue weighted by Crippen LogP contribution is -1.99. The number of fused-ring (bicyclic) bond motifs is 14. The normalized spacial score (nSPS) is 12.1. The van der Waals surface area contributed by atoms with Gasteiger partial charge in [-0.05, 0) is 127 Å². The molecule has 15 aromatic rings. The topological polar surface area (TPSA) is 35.6 Å². The van der Waals surface area contributed by atoms with E-state index in [4.69, 9.17) is 9.97 Å². The van der Waals surface area contributed by atoms with Crippen molar-refractivity contribution in [3.63, 3.8) is 0 Å². The van der Waals surface area contributed by atoms with Crippen LogP contribution in [0.1, 0.15) is 0 Å². The molecule has 4 heteroatoms. The Balaban J connectivity index is 0.957. The highest BCUT2D eigenvalue weighted by Crippen LogP contribution is 2.43. The van der Waals surface area contributed by atoms with E-state index >= 15 is 0 Å². The molecule has 4 nitrogen and oxygen atoms in total. The summed E-state index contributed by atoms with van der Waals surface area (Å²) in [5, 5.41) is 17.0. The molecule has 68 heavy (non-hydrogen) atoms. The molecule has 3 aromatic heterocycles. The molecule has 0 amide bonds. The van der Waals surface area contributed by atoms with Crippen LogP contribution in [0.5, 0.6) is 0 Å². The van der Waals surface area contributed by atoms with E-state index in [1.54, 1.807) is 0 Å². The lowest BCUT2D eigenvalue weighted by molar-refractivity contribution is 1.18. The number of para-hydroxylation sites is 4. The highest BCUT2D eigenvalue weighted by Gasteiger charge is 2.21. The first kappa shape index (κ1) is 37.1. The molecule has 0 aliphatic carbocycles. The fraction of sp³-hybridized carbons (Fsp3) is 0. The third-order valence-electron chi connectivity index (χ3n) is 14.4. The van der Waals surface area contributed by atoms with Gasteiger partial charge < -0.3 is 9.13 Å². The fourth-order valence-corrected chi connectivity index (χ4v) is 11.3. The van der Waals surface area contributed by atoms with E-state index in [-0.39, 0.29) is 0 Å². The predicted molar refractivity (Wildman–Crippen MR) is 287 cm³/mol. The summed E-state index contributed by atoms with van der Waals surface area (Å²) in [4.78, 5) is 11.0. The van der Waals surface area contributed by atoms with E-state index in [9.17, 15) is 0 Å². The first-order valence-electron chi connectivity index (χ1n) is 23.3. The van der Waals surface area contributed by atoms with Crippen LogP contribution >= 0.6 is 0 Å². The van der Waals surface area contributed by atoms with Gasteiger partial charge in [-0.2, -0.15) is 0 Å². The van der Waals surface area contributed by atoms with Crippen molar-refractivity contribution >= 4 is 109 Å². The third kappa shape index (κ3) is 5.43. The van der Waals surface area contributed by atoms with Crippen LogP contribution in [-0.4, -0.2) is 19.1 Å². The summed E-state index contributed by atoms with van der Waals surface area (Å²) in [7, 11) is 0. The van der Waals surface area contributed by atoms with Crippen molar-refractivity contribution in [1.29, 1.82) is 0 Å². The molecule has 15 rings (SSSR count). The van der Waals surface area contributed by atoms with Crippen LogP contribution in [0.25, 0.3) is 142 Å². The molecule has 314 valence electrons. The Bertz CT molecular complexity index is 4630. The molecular formula is C64H38N4. The van der Waals surface area contributed by atoms with E-state index in [0.717, 1.165) is 66.7 Å². The smallest absolute Gasteiger partial charge is 0.0980 e. The quantitative estimate of drug-likeness (QED) is 0.165. The van der Waals surface area contributed by atoms with Gasteiger partial charge in [0.25, 0.3) is 0 Å². The van der Waals surface area contributed by atoms with Crippen LogP contribution in [-0.2, 0) is 0 Å². The molecule has 12 aromatic carbocycles. The van der Waals surface area contributed by atoms with Gasteiger partial charge in [0.15, 0.2) is 0 Å². The second-order valence-corrected chi connectivity index (χ2v) is 18.1. The summed E-state index contributed by atoms with van der Waals surface area (Å²) >= 11 is 0. The number of nitrogens with zero attached hydrogens (tertiary/aromatic N) is 4. The Morgan fingerprint density at radius 3 is 1.63 bits per heavy atom. The van der Waals surface area contributed by atoms with Gasteiger partial charge in [-0.15, -0.1) is 0 Å². The van der Waals surface area contributed by atoms with E-state index < -0.39 is 0 Å². The fourth-order valence-electron chi connectivity index (χ4n) is 11.3. The molecule has 0 radical (unpaired) electrons. The molecule has 3 heterocycles. The van der Waals surface area contributed by atoms with Crippen molar-refractivity contribution in [2.24, 2.45) is 0 Å². The average Bonchev–Trinajstić information content (AvgIpc) is 3.92. The molecule has 0 aliphatic rings. The highest BCUT2D eigenvalue weighted by molar-refractivity contribution is 6.22. The molecule has 0 N–H and O–H groups in total. The first-order valence-corrected chi connectivity index (χ1v) is 23.3. The van der Waals surface area contributed by atoms with Crippen LogP contribution in [0.3, 0.4) is 0 Å². The Labute approximate surface area is 390 Å². The van der Waals surface area contributed by atoms with Gasteiger partial charge in [-0.25, -0.2) is 9.97 Å². The third-order valence-corrected chi connectivity index (χ3v) is 14.4. The summed E-state index contributed by atoms with van der Waals surface area (Å²) in [5.41, 5.74) is 12.5. The number of rotatable bonds is 4. The maximum Gasteiger partial charge on any atom is 0.0980 e. The average molecular weight is 863 g/mol. The van der Waals surface area contributed by atoms with E-state index in [2.05, 4.69) is 228 Å². The monoisotopic (exact) mass is 862 g/mol. The first-order chi connectivity index (χ1) is 33.7. The van der Waals surface area contributed by atoms with Crippen molar-refractivity contribution < 1.29 is 0 Å². The predicted octanol–water partition coefficient (Wildman–Crippen LogP) is 16.9. The van der Waals surface area contributed by atoms with E-state index in [0.29, 0.717) is 0 Å². The van der Waals surface area contributed by atoms with Crippen LogP contribution in [0, 0.1) is 0 Å². The summed E-state index contributed by atoms with van der Waals surface area (Å²) in [6, 6.07) is 84.0. The number of hydrogen-bond acceptors (Lipinski definition) is 2.